The van der Waals surface area contributed by atoms with Crippen molar-refractivity contribution in [2.45, 2.75) is 27.7 Å². The van der Waals surface area contributed by atoms with Crippen molar-refractivity contribution >= 4 is 10.8 Å². The van der Waals surface area contributed by atoms with E-state index >= 15 is 0 Å². The summed E-state index contributed by atoms with van der Waals surface area (Å²) in [6.07, 6.45) is 0. The van der Waals surface area contributed by atoms with Gasteiger partial charge in [-0.3, -0.25) is 0 Å². The molecule has 3 rings (SSSR count). The maximum absolute atomic E-state index is 5.51. The molecular weight excluding hydrogens is 262 g/mol. The van der Waals surface area contributed by atoms with Crippen LogP contribution in [0.4, 0.5) is 0 Å². The molecular formula is C17H19N3O. The monoisotopic (exact) mass is 281 g/mol. The highest BCUT2D eigenvalue weighted by atomic mass is 16.5. The molecule has 0 amide bonds. The number of fused-ring (bicyclic) bond motifs is 1. The van der Waals surface area contributed by atoms with Gasteiger partial charge in [-0.15, -0.1) is 0 Å². The van der Waals surface area contributed by atoms with E-state index in [-0.39, 0.29) is 0 Å². The van der Waals surface area contributed by atoms with Crippen molar-refractivity contribution in [1.29, 1.82) is 0 Å². The molecule has 0 unspecified atom stereocenters. The summed E-state index contributed by atoms with van der Waals surface area (Å²) in [5.41, 5.74) is 5.31. The third kappa shape index (κ3) is 1.90. The van der Waals surface area contributed by atoms with E-state index in [9.17, 15) is 0 Å². The van der Waals surface area contributed by atoms with E-state index in [0.717, 1.165) is 22.8 Å². The van der Waals surface area contributed by atoms with Crippen molar-refractivity contribution in [3.8, 4) is 11.4 Å². The smallest absolute Gasteiger partial charge is 0.142 e. The molecule has 2 aromatic heterocycles. The van der Waals surface area contributed by atoms with Crippen LogP contribution in [0.3, 0.4) is 0 Å². The molecule has 0 aliphatic rings. The minimum atomic E-state index is 0.861. The van der Waals surface area contributed by atoms with Gasteiger partial charge < -0.3 is 9.30 Å². The van der Waals surface area contributed by atoms with E-state index in [2.05, 4.69) is 34.7 Å². The van der Waals surface area contributed by atoms with Crippen molar-refractivity contribution in [2.75, 3.05) is 7.11 Å². The average Bonchev–Trinajstić information content (AvgIpc) is 2.75. The molecule has 0 saturated carbocycles. The fraction of sp³-hybridized carbons (Fsp3) is 0.294. The van der Waals surface area contributed by atoms with Crippen LogP contribution in [0.2, 0.25) is 0 Å². The molecule has 0 N–H and O–H groups in total. The lowest BCUT2D eigenvalue weighted by molar-refractivity contribution is 0.412. The number of aryl methyl sites for hydroxylation is 4. The minimum absolute atomic E-state index is 0.861. The molecule has 1 aromatic carbocycles. The number of para-hydroxylation sites is 2. The Kier molecular flexibility index (Phi) is 3.16. The molecule has 4 heteroatoms. The van der Waals surface area contributed by atoms with Gasteiger partial charge in [0, 0.05) is 22.2 Å². The second-order valence-corrected chi connectivity index (χ2v) is 5.30. The number of hydrogen-bond acceptors (Lipinski definition) is 3. The molecule has 0 aliphatic carbocycles. The third-order valence-corrected chi connectivity index (χ3v) is 4.04. The highest BCUT2D eigenvalue weighted by Crippen LogP contribution is 2.34. The Bertz CT molecular complexity index is 789. The van der Waals surface area contributed by atoms with Crippen LogP contribution in [0.1, 0.15) is 22.8 Å². The van der Waals surface area contributed by atoms with Crippen LogP contribution in [-0.2, 0) is 0 Å². The van der Waals surface area contributed by atoms with E-state index in [1.54, 1.807) is 7.11 Å². The molecule has 21 heavy (non-hydrogen) atoms. The van der Waals surface area contributed by atoms with E-state index in [0.29, 0.717) is 0 Å². The maximum atomic E-state index is 5.51. The van der Waals surface area contributed by atoms with Gasteiger partial charge in [0.05, 0.1) is 24.2 Å². The summed E-state index contributed by atoms with van der Waals surface area (Å²) in [5, 5.41) is 10.9. The summed E-state index contributed by atoms with van der Waals surface area (Å²) < 4.78 is 7.74. The molecule has 4 nitrogen and oxygen atoms in total. The molecule has 3 aromatic rings. The fourth-order valence-electron chi connectivity index (χ4n) is 3.15. The number of nitrogens with zero attached hydrogens (tertiary/aromatic N) is 3. The van der Waals surface area contributed by atoms with Gasteiger partial charge in [0.25, 0.3) is 0 Å². The van der Waals surface area contributed by atoms with Gasteiger partial charge in [-0.1, -0.05) is 12.1 Å². The number of rotatable bonds is 2. The lowest BCUT2D eigenvalue weighted by Crippen LogP contribution is -2.01. The molecule has 0 atom stereocenters. The summed E-state index contributed by atoms with van der Waals surface area (Å²) >= 11 is 0. The Hall–Kier alpha value is -2.36. The van der Waals surface area contributed by atoms with Gasteiger partial charge in [0.1, 0.15) is 5.75 Å². The zero-order chi connectivity index (χ0) is 15.1. The average molecular weight is 281 g/mol. The first-order valence-electron chi connectivity index (χ1n) is 7.01. The Morgan fingerprint density at radius 3 is 1.90 bits per heavy atom. The quantitative estimate of drug-likeness (QED) is 0.719. The molecule has 0 spiro atoms. The van der Waals surface area contributed by atoms with Gasteiger partial charge in [0.15, 0.2) is 0 Å². The van der Waals surface area contributed by atoms with Crippen LogP contribution in [0, 0.1) is 27.7 Å². The summed E-state index contributed by atoms with van der Waals surface area (Å²) in [6.45, 7) is 8.26. The third-order valence-electron chi connectivity index (χ3n) is 4.04. The number of aromatic nitrogens is 3. The molecule has 108 valence electrons. The van der Waals surface area contributed by atoms with Crippen molar-refractivity contribution in [3.63, 3.8) is 0 Å². The van der Waals surface area contributed by atoms with Gasteiger partial charge >= 0.3 is 0 Å². The number of ether oxygens (including phenoxy) is 1. The SMILES string of the molecule is COc1ccccc1-n1c(C)c2c(C)nnc(C)c2c1C. The minimum Gasteiger partial charge on any atom is -0.495 e. The van der Waals surface area contributed by atoms with E-state index < -0.39 is 0 Å². The Balaban J connectivity index is 2.45. The summed E-state index contributed by atoms with van der Waals surface area (Å²) in [4.78, 5) is 0. The predicted molar refractivity (Wildman–Crippen MR) is 84.4 cm³/mol. The van der Waals surface area contributed by atoms with Crippen LogP contribution in [0.15, 0.2) is 24.3 Å². The van der Waals surface area contributed by atoms with Crippen LogP contribution in [0.5, 0.6) is 5.75 Å². The number of hydrogen-bond donors (Lipinski definition) is 0. The molecule has 2 heterocycles. The zero-order valence-corrected chi connectivity index (χ0v) is 13.1. The molecule has 0 aliphatic heterocycles. The van der Waals surface area contributed by atoms with Crippen molar-refractivity contribution < 1.29 is 4.74 Å². The Morgan fingerprint density at radius 1 is 0.857 bits per heavy atom. The number of methoxy groups -OCH3 is 1. The van der Waals surface area contributed by atoms with Crippen molar-refractivity contribution in [3.05, 3.63) is 47.0 Å². The molecule has 0 radical (unpaired) electrons. The summed E-state index contributed by atoms with van der Waals surface area (Å²) in [5.74, 6) is 0.861. The van der Waals surface area contributed by atoms with Gasteiger partial charge in [-0.25, -0.2) is 0 Å². The van der Waals surface area contributed by atoms with Crippen LogP contribution in [0.25, 0.3) is 16.5 Å². The Morgan fingerprint density at radius 2 is 1.38 bits per heavy atom. The van der Waals surface area contributed by atoms with Crippen molar-refractivity contribution in [1.82, 2.24) is 14.8 Å². The van der Waals surface area contributed by atoms with E-state index in [1.807, 2.05) is 32.0 Å². The first-order chi connectivity index (χ1) is 10.1. The normalized spacial score (nSPS) is 11.1. The van der Waals surface area contributed by atoms with Crippen LogP contribution >= 0.6 is 0 Å². The van der Waals surface area contributed by atoms with Crippen LogP contribution in [-0.4, -0.2) is 21.9 Å². The van der Waals surface area contributed by atoms with E-state index in [1.165, 1.54) is 22.2 Å². The Labute approximate surface area is 124 Å². The first-order valence-corrected chi connectivity index (χ1v) is 7.01. The largest absolute Gasteiger partial charge is 0.495 e. The standard InChI is InChI=1S/C17H19N3O/c1-10-16-12(3)20(13(4)17(16)11(2)19-18-10)14-8-6-7-9-15(14)21-5/h6-9H,1-5H3. The predicted octanol–water partition coefficient (Wildman–Crippen LogP) is 3.66. The van der Waals surface area contributed by atoms with Crippen molar-refractivity contribution in [2.24, 2.45) is 0 Å². The molecule has 0 saturated heterocycles. The lowest BCUT2D eigenvalue weighted by Gasteiger charge is -2.13. The van der Waals surface area contributed by atoms with Gasteiger partial charge in [0.2, 0.25) is 0 Å². The fourth-order valence-corrected chi connectivity index (χ4v) is 3.15. The molecule has 0 fully saturated rings. The topological polar surface area (TPSA) is 39.9 Å². The zero-order valence-electron chi connectivity index (χ0n) is 13.1. The second kappa shape index (κ2) is 4.88. The van der Waals surface area contributed by atoms with Gasteiger partial charge in [-0.05, 0) is 39.8 Å². The van der Waals surface area contributed by atoms with Crippen LogP contribution < -0.4 is 4.74 Å². The lowest BCUT2D eigenvalue weighted by atomic mass is 10.1. The summed E-state index contributed by atoms with van der Waals surface area (Å²) in [6, 6.07) is 8.06. The molecule has 0 bridgehead atoms. The van der Waals surface area contributed by atoms with Gasteiger partial charge in [-0.2, -0.15) is 10.2 Å². The highest BCUT2D eigenvalue weighted by molar-refractivity contribution is 5.92. The van der Waals surface area contributed by atoms with E-state index in [4.69, 9.17) is 4.74 Å². The second-order valence-electron chi connectivity index (χ2n) is 5.30. The highest BCUT2D eigenvalue weighted by Gasteiger charge is 2.19. The maximum Gasteiger partial charge on any atom is 0.142 e. The summed E-state index contributed by atoms with van der Waals surface area (Å²) in [7, 11) is 1.70. The first kappa shape index (κ1) is 13.6. The number of benzene rings is 1.